The molecule has 6 atom stereocenters. The van der Waals surface area contributed by atoms with E-state index in [1.165, 1.54) is 17.9 Å². The first-order valence-corrected chi connectivity index (χ1v) is 19.3. The van der Waals surface area contributed by atoms with Crippen molar-refractivity contribution in [3.05, 3.63) is 179 Å². The van der Waals surface area contributed by atoms with Gasteiger partial charge in [0.15, 0.2) is 17.3 Å². The first-order chi connectivity index (χ1) is 27.7. The predicted octanol–water partition coefficient (Wildman–Crippen LogP) is 8.20. The number of nitrogens with zero attached hydrogens (tertiary/aromatic N) is 1. The molecule has 5 aromatic rings. The summed E-state index contributed by atoms with van der Waals surface area (Å²) < 4.78 is 6.08. The molecular weight excluding hydrogens is 715 g/mol. The molecule has 2 fully saturated rings. The Balaban J connectivity index is 1.21. The fraction of sp³-hybridized carbons (Fsp3) is 0.204. The lowest BCUT2D eigenvalue weighted by atomic mass is 9.44. The Labute approximate surface area is 330 Å². The highest BCUT2D eigenvalue weighted by Crippen LogP contribution is 2.64. The van der Waals surface area contributed by atoms with Gasteiger partial charge in [0, 0.05) is 34.6 Å². The molecular formula is C49H39NO7. The van der Waals surface area contributed by atoms with Gasteiger partial charge in [0.2, 0.25) is 11.8 Å². The van der Waals surface area contributed by atoms with Crippen LogP contribution in [0.2, 0.25) is 0 Å². The molecule has 57 heavy (non-hydrogen) atoms. The second-order valence-corrected chi connectivity index (χ2v) is 15.4. The fourth-order valence-corrected chi connectivity index (χ4v) is 9.92. The molecule has 1 aliphatic heterocycles. The second kappa shape index (κ2) is 14.1. The Hall–Kier alpha value is -6.67. The van der Waals surface area contributed by atoms with E-state index in [4.69, 9.17) is 4.74 Å². The highest BCUT2D eigenvalue weighted by Gasteiger charge is 2.66. The van der Waals surface area contributed by atoms with Gasteiger partial charge in [-0.15, -0.1) is 0 Å². The number of ketones is 3. The zero-order valence-electron chi connectivity index (χ0n) is 31.2. The molecule has 1 saturated heterocycles. The SMILES string of the molecule is CC(=O)c1ccc(N2C(=O)[C@H]3[C@H](CC=C4[C@H]3C[C@H]3C(=O)C(c5ccccc5)=CC(=O)[C@@]3(c3ccccc3)[C@H]4c3ccc(OCc4ccccc4)cc3O)C2=O)cc1. The van der Waals surface area contributed by atoms with E-state index >= 15 is 9.59 Å². The van der Waals surface area contributed by atoms with Gasteiger partial charge in [0.25, 0.3) is 0 Å². The number of hydrogen-bond acceptors (Lipinski definition) is 7. The third kappa shape index (κ3) is 5.77. The maximum absolute atomic E-state index is 15.3. The van der Waals surface area contributed by atoms with Crippen molar-refractivity contribution in [2.45, 2.75) is 37.7 Å². The van der Waals surface area contributed by atoms with Gasteiger partial charge in [0.1, 0.15) is 18.1 Å². The van der Waals surface area contributed by atoms with Crippen LogP contribution in [0, 0.1) is 23.7 Å². The van der Waals surface area contributed by atoms with E-state index in [-0.39, 0.29) is 54.4 Å². The molecule has 282 valence electrons. The van der Waals surface area contributed by atoms with Gasteiger partial charge in [-0.05, 0) is 78.8 Å². The first-order valence-electron chi connectivity index (χ1n) is 19.3. The largest absolute Gasteiger partial charge is 0.508 e. The van der Waals surface area contributed by atoms with Crippen LogP contribution in [0.3, 0.4) is 0 Å². The van der Waals surface area contributed by atoms with Crippen molar-refractivity contribution in [1.29, 1.82) is 0 Å². The maximum atomic E-state index is 15.3. The van der Waals surface area contributed by atoms with Gasteiger partial charge in [-0.25, -0.2) is 0 Å². The number of phenolic OH excluding ortho intramolecular Hbond substituents is 1. The van der Waals surface area contributed by atoms with Crippen LogP contribution in [0.5, 0.6) is 11.5 Å². The molecule has 1 saturated carbocycles. The van der Waals surface area contributed by atoms with Crippen LogP contribution in [0.25, 0.3) is 5.57 Å². The van der Waals surface area contributed by atoms with Crippen LogP contribution in [0.1, 0.15) is 58.3 Å². The van der Waals surface area contributed by atoms with Crippen molar-refractivity contribution < 1.29 is 33.8 Å². The smallest absolute Gasteiger partial charge is 0.238 e. The lowest BCUT2D eigenvalue weighted by Crippen LogP contribution is -2.58. The van der Waals surface area contributed by atoms with Gasteiger partial charge in [0.05, 0.1) is 22.9 Å². The molecule has 2 amide bonds. The predicted molar refractivity (Wildman–Crippen MR) is 214 cm³/mol. The standard InChI is InChI=1S/C49H39NO7/c1-29(51)31-17-19-34(20-18-31)50-47(55)38-24-23-36-40(44(38)48(50)56)26-41-46(54)39(32-13-7-3-8-14-32)27-43(53)49(41,33-15-9-4-10-16-33)45(36)37-22-21-35(25-42(37)52)57-28-30-11-5-2-6-12-30/h2-23,25,27,38,40-41,44-45,52H,24,26,28H2,1H3/t38-,40+,41-,44-,45+,49-/m0/s1. The number of amides is 2. The number of phenols is 1. The summed E-state index contributed by atoms with van der Waals surface area (Å²) in [7, 11) is 0. The summed E-state index contributed by atoms with van der Waals surface area (Å²) in [6.45, 7) is 1.73. The molecule has 8 heteroatoms. The molecule has 1 N–H and O–H groups in total. The minimum absolute atomic E-state index is 0.109. The van der Waals surface area contributed by atoms with Gasteiger partial charge in [-0.2, -0.15) is 0 Å². The number of aromatic hydroxyl groups is 1. The van der Waals surface area contributed by atoms with E-state index in [0.29, 0.717) is 39.3 Å². The van der Waals surface area contributed by atoms with Gasteiger partial charge >= 0.3 is 0 Å². The molecule has 8 nitrogen and oxygen atoms in total. The van der Waals surface area contributed by atoms with E-state index in [1.807, 2.05) is 97.1 Å². The number of allylic oxidation sites excluding steroid dienone is 4. The lowest BCUT2D eigenvalue weighted by Gasteiger charge is -2.55. The summed E-state index contributed by atoms with van der Waals surface area (Å²) in [6.07, 6.45) is 3.81. The molecule has 5 aromatic carbocycles. The minimum Gasteiger partial charge on any atom is -0.508 e. The number of carbonyl (C=O) groups excluding carboxylic acids is 5. The highest BCUT2D eigenvalue weighted by molar-refractivity contribution is 6.32. The van der Waals surface area contributed by atoms with E-state index in [9.17, 15) is 19.5 Å². The highest BCUT2D eigenvalue weighted by atomic mass is 16.5. The number of ether oxygens (including phenoxy) is 1. The Morgan fingerprint density at radius 1 is 0.789 bits per heavy atom. The third-order valence-electron chi connectivity index (χ3n) is 12.5. The summed E-state index contributed by atoms with van der Waals surface area (Å²) in [5, 5.41) is 12.0. The minimum atomic E-state index is -1.48. The number of imide groups is 1. The monoisotopic (exact) mass is 753 g/mol. The molecule has 0 radical (unpaired) electrons. The van der Waals surface area contributed by atoms with Crippen molar-refractivity contribution in [1.82, 2.24) is 0 Å². The van der Waals surface area contributed by atoms with Gasteiger partial charge < -0.3 is 9.84 Å². The Bertz CT molecular complexity index is 2510. The number of carbonyl (C=O) groups is 5. The molecule has 0 unspecified atom stereocenters. The van der Waals surface area contributed by atoms with Crippen molar-refractivity contribution in [2.24, 2.45) is 23.7 Å². The van der Waals surface area contributed by atoms with Crippen LogP contribution in [-0.4, -0.2) is 34.3 Å². The average molecular weight is 754 g/mol. The Kier molecular flexibility index (Phi) is 8.92. The summed E-state index contributed by atoms with van der Waals surface area (Å²) in [6, 6.07) is 39.6. The van der Waals surface area contributed by atoms with Crippen molar-refractivity contribution in [3.63, 3.8) is 0 Å². The quantitative estimate of drug-likeness (QED) is 0.0965. The number of anilines is 1. The summed E-state index contributed by atoms with van der Waals surface area (Å²) in [4.78, 5) is 72.6. The number of hydrogen-bond donors (Lipinski definition) is 1. The topological polar surface area (TPSA) is 118 Å². The number of rotatable bonds is 8. The molecule has 0 bridgehead atoms. The van der Waals surface area contributed by atoms with E-state index < -0.39 is 35.0 Å². The Morgan fingerprint density at radius 2 is 1.46 bits per heavy atom. The maximum Gasteiger partial charge on any atom is 0.238 e. The van der Waals surface area contributed by atoms with Crippen LogP contribution < -0.4 is 9.64 Å². The van der Waals surface area contributed by atoms with Crippen molar-refractivity contribution in [3.8, 4) is 11.5 Å². The molecule has 4 aliphatic rings. The lowest BCUT2D eigenvalue weighted by molar-refractivity contribution is -0.135. The second-order valence-electron chi connectivity index (χ2n) is 15.4. The zero-order valence-corrected chi connectivity index (χ0v) is 31.2. The van der Waals surface area contributed by atoms with Gasteiger partial charge in [-0.1, -0.05) is 109 Å². The molecule has 0 aromatic heterocycles. The Morgan fingerprint density at radius 3 is 2.12 bits per heavy atom. The van der Waals surface area contributed by atoms with Crippen molar-refractivity contribution in [2.75, 3.05) is 4.90 Å². The molecule has 0 spiro atoms. The normalized spacial score (nSPS) is 25.2. The number of fused-ring (bicyclic) bond motifs is 4. The average Bonchev–Trinajstić information content (AvgIpc) is 3.50. The zero-order chi connectivity index (χ0) is 39.4. The van der Waals surface area contributed by atoms with E-state index in [1.54, 1.807) is 42.5 Å². The van der Waals surface area contributed by atoms with Crippen molar-refractivity contribution >= 4 is 40.4 Å². The van der Waals surface area contributed by atoms with Crippen LogP contribution in [0.15, 0.2) is 151 Å². The first kappa shape index (κ1) is 36.0. The number of Topliss-reactive ketones (excluding diaryl/α,β-unsaturated/α-hetero) is 2. The van der Waals surface area contributed by atoms with Crippen LogP contribution >= 0.6 is 0 Å². The van der Waals surface area contributed by atoms with Gasteiger partial charge in [-0.3, -0.25) is 28.9 Å². The number of benzene rings is 5. The van der Waals surface area contributed by atoms with E-state index in [2.05, 4.69) is 0 Å². The molecule has 9 rings (SSSR count). The van der Waals surface area contributed by atoms with E-state index in [0.717, 1.165) is 11.1 Å². The van der Waals surface area contributed by atoms with Crippen LogP contribution in [0.4, 0.5) is 5.69 Å². The molecule has 3 aliphatic carbocycles. The summed E-state index contributed by atoms with van der Waals surface area (Å²) >= 11 is 0. The summed E-state index contributed by atoms with van der Waals surface area (Å²) in [5.41, 5.74) is 3.03. The summed E-state index contributed by atoms with van der Waals surface area (Å²) in [5.74, 6) is -4.96. The fourth-order valence-electron chi connectivity index (χ4n) is 9.92. The van der Waals surface area contributed by atoms with Crippen LogP contribution in [-0.2, 0) is 31.2 Å². The third-order valence-corrected chi connectivity index (χ3v) is 12.5. The molecule has 1 heterocycles.